The third-order valence-electron chi connectivity index (χ3n) is 3.25. The summed E-state index contributed by atoms with van der Waals surface area (Å²) in [7, 11) is 1.59. The molecule has 1 aliphatic carbocycles. The van der Waals surface area contributed by atoms with Crippen molar-refractivity contribution >= 4 is 19.4 Å². The van der Waals surface area contributed by atoms with Gasteiger partial charge in [-0.3, -0.25) is 0 Å². The number of halogens is 1. The molecule has 2 rings (SSSR count). The van der Waals surface area contributed by atoms with Gasteiger partial charge in [0.15, 0.2) is 5.60 Å². The largest absolute Gasteiger partial charge is 0.387 e. The van der Waals surface area contributed by atoms with Gasteiger partial charge < -0.3 is 20.1 Å². The van der Waals surface area contributed by atoms with Crippen LogP contribution in [-0.2, 0) is 4.74 Å². The predicted octanol–water partition coefficient (Wildman–Crippen LogP) is -1.84. The lowest BCUT2D eigenvalue weighted by Crippen LogP contribution is -2.49. The Morgan fingerprint density at radius 2 is 2.00 bits per heavy atom. The number of hydrogen-bond donors (Lipinski definition) is 3. The predicted molar refractivity (Wildman–Crippen MR) is 56.0 cm³/mol. The minimum atomic E-state index is -1.69. The second kappa shape index (κ2) is 3.37. The van der Waals surface area contributed by atoms with Crippen molar-refractivity contribution in [3.05, 3.63) is 0 Å². The highest BCUT2D eigenvalue weighted by molar-refractivity contribution is 6.30. The van der Waals surface area contributed by atoms with Gasteiger partial charge in [0.25, 0.3) is 0 Å². The van der Waals surface area contributed by atoms with Crippen LogP contribution in [-0.4, -0.2) is 52.6 Å². The van der Waals surface area contributed by atoms with Crippen LogP contribution in [0.15, 0.2) is 0 Å². The maximum atomic E-state index is 10.0. The van der Waals surface area contributed by atoms with Crippen molar-refractivity contribution in [3.63, 3.8) is 0 Å². The molecule has 2 aliphatic rings. The SMILES string of the molecule is B[C@@H]1O[C@H](C2(O)CC2)C(O)C1(O)C#CCl. The van der Waals surface area contributed by atoms with E-state index in [0.29, 0.717) is 12.8 Å². The fourth-order valence-electron chi connectivity index (χ4n) is 1.95. The molecular formula is C9H12BClO4. The van der Waals surface area contributed by atoms with E-state index in [4.69, 9.17) is 16.3 Å². The summed E-state index contributed by atoms with van der Waals surface area (Å²) in [6, 6.07) is -0.673. The minimum absolute atomic E-state index is 0.575. The lowest BCUT2D eigenvalue weighted by Gasteiger charge is -2.24. The third kappa shape index (κ3) is 1.57. The van der Waals surface area contributed by atoms with Crippen LogP contribution in [0.5, 0.6) is 0 Å². The smallest absolute Gasteiger partial charge is 0.173 e. The molecule has 0 bridgehead atoms. The zero-order chi connectivity index (χ0) is 11.3. The van der Waals surface area contributed by atoms with Gasteiger partial charge >= 0.3 is 0 Å². The molecule has 1 heterocycles. The maximum absolute atomic E-state index is 10.0. The van der Waals surface area contributed by atoms with Crippen molar-refractivity contribution in [2.45, 2.75) is 42.3 Å². The van der Waals surface area contributed by atoms with Crippen LogP contribution in [0.2, 0.25) is 0 Å². The van der Waals surface area contributed by atoms with Gasteiger partial charge in [-0.15, -0.1) is 0 Å². The quantitative estimate of drug-likeness (QED) is 0.366. The highest BCUT2D eigenvalue weighted by atomic mass is 35.5. The highest BCUT2D eigenvalue weighted by Crippen LogP contribution is 2.46. The van der Waals surface area contributed by atoms with Crippen LogP contribution in [0.25, 0.3) is 0 Å². The maximum Gasteiger partial charge on any atom is 0.173 e. The molecule has 2 unspecified atom stereocenters. The summed E-state index contributed by atoms with van der Waals surface area (Å²) in [5.74, 6) is 2.34. The Bertz CT molecular complexity index is 335. The molecule has 1 saturated heterocycles. The molecule has 0 aromatic heterocycles. The van der Waals surface area contributed by atoms with Crippen LogP contribution < -0.4 is 0 Å². The molecular weight excluding hydrogens is 218 g/mol. The van der Waals surface area contributed by atoms with Gasteiger partial charge in [-0.25, -0.2) is 0 Å². The van der Waals surface area contributed by atoms with Crippen molar-refractivity contribution in [2.24, 2.45) is 0 Å². The summed E-state index contributed by atoms with van der Waals surface area (Å²) in [4.78, 5) is 0. The summed E-state index contributed by atoms with van der Waals surface area (Å²) in [6.45, 7) is 0. The van der Waals surface area contributed by atoms with Crippen molar-refractivity contribution < 1.29 is 20.1 Å². The Morgan fingerprint density at radius 1 is 1.40 bits per heavy atom. The molecule has 0 radical (unpaired) electrons. The highest BCUT2D eigenvalue weighted by Gasteiger charge is 2.62. The van der Waals surface area contributed by atoms with E-state index in [9.17, 15) is 15.3 Å². The molecule has 4 atom stereocenters. The fraction of sp³-hybridized carbons (Fsp3) is 0.778. The van der Waals surface area contributed by atoms with Crippen LogP contribution >= 0.6 is 11.6 Å². The van der Waals surface area contributed by atoms with E-state index in [-0.39, 0.29) is 0 Å². The van der Waals surface area contributed by atoms with E-state index in [1.165, 1.54) is 0 Å². The van der Waals surface area contributed by atoms with Gasteiger partial charge in [0.2, 0.25) is 0 Å². The van der Waals surface area contributed by atoms with E-state index < -0.39 is 29.4 Å². The number of aliphatic hydroxyl groups is 3. The van der Waals surface area contributed by atoms with Gasteiger partial charge in [-0.1, -0.05) is 0 Å². The average Bonchev–Trinajstić information content (AvgIpc) is 2.87. The second-order valence-electron chi connectivity index (χ2n) is 4.29. The molecule has 82 valence electrons. The Balaban J connectivity index is 2.25. The van der Waals surface area contributed by atoms with E-state index in [1.807, 2.05) is 0 Å². The van der Waals surface area contributed by atoms with E-state index in [2.05, 4.69) is 11.3 Å². The molecule has 2 fully saturated rings. The molecule has 4 nitrogen and oxygen atoms in total. The third-order valence-corrected chi connectivity index (χ3v) is 3.34. The number of rotatable bonds is 1. The van der Waals surface area contributed by atoms with Crippen molar-refractivity contribution in [1.29, 1.82) is 0 Å². The standard InChI is InChI=1S/C9H12BClO4/c10-7-9(14,3-4-11)5(12)6(15-7)8(13)1-2-8/h5-7,12-14H,1-2,10H2/t5?,6-,7+,9?/m0/s1. The first-order valence-electron chi connectivity index (χ1n) is 4.85. The summed E-state index contributed by atoms with van der Waals surface area (Å²) < 4.78 is 5.36. The van der Waals surface area contributed by atoms with Gasteiger partial charge in [0.1, 0.15) is 20.1 Å². The zero-order valence-electron chi connectivity index (χ0n) is 8.27. The summed E-state index contributed by atoms with van der Waals surface area (Å²) in [5, 5.41) is 31.8. The van der Waals surface area contributed by atoms with Gasteiger partial charge in [-0.2, -0.15) is 0 Å². The zero-order valence-corrected chi connectivity index (χ0v) is 9.03. The Kier molecular flexibility index (Phi) is 2.53. The van der Waals surface area contributed by atoms with Crippen molar-refractivity contribution in [1.82, 2.24) is 0 Å². The monoisotopic (exact) mass is 230 g/mol. The second-order valence-corrected chi connectivity index (χ2v) is 4.48. The van der Waals surface area contributed by atoms with Crippen LogP contribution in [0.1, 0.15) is 12.8 Å². The van der Waals surface area contributed by atoms with Gasteiger partial charge in [-0.05, 0) is 30.4 Å². The summed E-state index contributed by atoms with van der Waals surface area (Å²) >= 11 is 5.23. The Labute approximate surface area is 93.6 Å². The van der Waals surface area contributed by atoms with E-state index in [1.54, 1.807) is 7.85 Å². The molecule has 1 saturated carbocycles. The molecule has 0 aromatic rings. The van der Waals surface area contributed by atoms with E-state index in [0.717, 1.165) is 0 Å². The Hall–Kier alpha value is -0.245. The molecule has 15 heavy (non-hydrogen) atoms. The topological polar surface area (TPSA) is 69.9 Å². The van der Waals surface area contributed by atoms with Gasteiger partial charge in [0.05, 0.1) is 11.6 Å². The van der Waals surface area contributed by atoms with Crippen molar-refractivity contribution in [2.75, 3.05) is 0 Å². The number of hydrogen-bond acceptors (Lipinski definition) is 4. The van der Waals surface area contributed by atoms with Crippen LogP contribution in [0.4, 0.5) is 0 Å². The molecule has 0 spiro atoms. The fourth-order valence-corrected chi connectivity index (χ4v) is 2.11. The molecule has 1 aliphatic heterocycles. The van der Waals surface area contributed by atoms with Gasteiger partial charge in [0, 0.05) is 5.38 Å². The molecule has 0 amide bonds. The first-order valence-corrected chi connectivity index (χ1v) is 5.23. The molecule has 6 heteroatoms. The normalized spacial score (nSPS) is 47.1. The summed E-state index contributed by atoms with van der Waals surface area (Å²) in [5.41, 5.74) is -2.70. The first-order chi connectivity index (χ1) is 6.94. The summed E-state index contributed by atoms with van der Waals surface area (Å²) in [6.07, 6.45) is -0.862. The number of aliphatic hydroxyl groups excluding tert-OH is 1. The minimum Gasteiger partial charge on any atom is -0.387 e. The van der Waals surface area contributed by atoms with Crippen molar-refractivity contribution in [3.8, 4) is 11.3 Å². The molecule has 3 N–H and O–H groups in total. The van der Waals surface area contributed by atoms with Crippen LogP contribution in [0.3, 0.4) is 0 Å². The number of ether oxygens (including phenoxy) is 1. The first kappa shape index (κ1) is 11.2. The Morgan fingerprint density at radius 3 is 2.47 bits per heavy atom. The lowest BCUT2D eigenvalue weighted by molar-refractivity contribution is -0.0717. The lowest BCUT2D eigenvalue weighted by atomic mass is 9.80. The average molecular weight is 230 g/mol. The molecule has 0 aromatic carbocycles. The van der Waals surface area contributed by atoms with E-state index >= 15 is 0 Å². The van der Waals surface area contributed by atoms with Crippen LogP contribution in [0, 0.1) is 11.3 Å².